The molecule has 0 fully saturated rings. The summed E-state index contributed by atoms with van der Waals surface area (Å²) in [5.74, 6) is 1.19. The van der Waals surface area contributed by atoms with Crippen LogP contribution >= 0.6 is 27.5 Å². The van der Waals surface area contributed by atoms with Gasteiger partial charge in [-0.3, -0.25) is 0 Å². The second kappa shape index (κ2) is 4.43. The normalized spacial score (nSPS) is 10.5. The highest BCUT2D eigenvalue weighted by Gasteiger charge is 2.10. The highest BCUT2D eigenvalue weighted by Crippen LogP contribution is 2.25. The maximum atomic E-state index is 5.97. The zero-order chi connectivity index (χ0) is 11.7. The van der Waals surface area contributed by atoms with Crippen LogP contribution in [0.25, 0.3) is 11.5 Å². The number of aromatic nitrogens is 4. The largest absolute Gasteiger partial charge is 0.242 e. The van der Waals surface area contributed by atoms with E-state index in [4.69, 9.17) is 11.6 Å². The first-order valence-electron chi connectivity index (χ1n) is 4.57. The molecule has 4 nitrogen and oxygen atoms in total. The molecule has 2 heterocycles. The van der Waals surface area contributed by atoms with Crippen LogP contribution in [0.15, 0.2) is 16.7 Å². The molecule has 16 heavy (non-hydrogen) atoms. The van der Waals surface area contributed by atoms with Crippen LogP contribution in [0.5, 0.6) is 0 Å². The molecule has 0 radical (unpaired) electrons. The van der Waals surface area contributed by atoms with Gasteiger partial charge in [-0.2, -0.15) is 0 Å². The summed E-state index contributed by atoms with van der Waals surface area (Å²) in [6, 6.07) is 1.76. The van der Waals surface area contributed by atoms with Gasteiger partial charge in [0.2, 0.25) is 0 Å². The van der Waals surface area contributed by atoms with Gasteiger partial charge in [0.1, 0.15) is 16.7 Å². The molecule has 0 N–H and O–H groups in total. The van der Waals surface area contributed by atoms with Gasteiger partial charge in [-0.05, 0) is 35.8 Å². The molecule has 0 spiro atoms. The van der Waals surface area contributed by atoms with Crippen LogP contribution in [0.2, 0.25) is 5.15 Å². The Labute approximate surface area is 106 Å². The van der Waals surface area contributed by atoms with Crippen molar-refractivity contribution in [3.05, 3.63) is 33.4 Å². The Morgan fingerprint density at radius 3 is 2.56 bits per heavy atom. The van der Waals surface area contributed by atoms with E-state index in [0.29, 0.717) is 27.0 Å². The van der Waals surface area contributed by atoms with Crippen LogP contribution in [0.3, 0.4) is 0 Å². The Kier molecular flexibility index (Phi) is 3.16. The molecule has 0 atom stereocenters. The number of aryl methyl sites for hydroxylation is 2. The van der Waals surface area contributed by atoms with Crippen LogP contribution in [0.4, 0.5) is 0 Å². The molecule has 2 rings (SSSR count). The zero-order valence-corrected chi connectivity index (χ0v) is 11.0. The van der Waals surface area contributed by atoms with E-state index in [-0.39, 0.29) is 0 Å². The summed E-state index contributed by atoms with van der Waals surface area (Å²) in [6.45, 7) is 3.67. The fraction of sp³-hybridized carbons (Fsp3) is 0.200. The van der Waals surface area contributed by atoms with Gasteiger partial charge in [0.25, 0.3) is 0 Å². The second-order valence-electron chi connectivity index (χ2n) is 3.23. The fourth-order valence-electron chi connectivity index (χ4n) is 1.22. The maximum absolute atomic E-state index is 5.97. The van der Waals surface area contributed by atoms with Crippen molar-refractivity contribution >= 4 is 27.5 Å². The molecule has 2 aromatic heterocycles. The summed E-state index contributed by atoms with van der Waals surface area (Å²) in [7, 11) is 0. The van der Waals surface area contributed by atoms with Crippen molar-refractivity contribution in [2.75, 3.05) is 0 Å². The molecule has 0 bridgehead atoms. The first-order valence-corrected chi connectivity index (χ1v) is 5.74. The van der Waals surface area contributed by atoms with Crippen LogP contribution < -0.4 is 0 Å². The van der Waals surface area contributed by atoms with Gasteiger partial charge in [-0.1, -0.05) is 11.6 Å². The Bertz CT molecular complexity index is 521. The summed E-state index contributed by atoms with van der Waals surface area (Å²) in [5.41, 5.74) is 1.45. The van der Waals surface area contributed by atoms with Gasteiger partial charge < -0.3 is 0 Å². The van der Waals surface area contributed by atoms with Gasteiger partial charge in [0.15, 0.2) is 5.82 Å². The third-order valence-corrected chi connectivity index (χ3v) is 3.43. The minimum Gasteiger partial charge on any atom is -0.242 e. The zero-order valence-electron chi connectivity index (χ0n) is 8.70. The number of rotatable bonds is 1. The monoisotopic (exact) mass is 298 g/mol. The SMILES string of the molecule is Cc1nccc(-c2nc(C)c(Br)c(Cl)n2)n1. The van der Waals surface area contributed by atoms with Gasteiger partial charge in [-0.15, -0.1) is 0 Å². The van der Waals surface area contributed by atoms with E-state index < -0.39 is 0 Å². The van der Waals surface area contributed by atoms with E-state index in [9.17, 15) is 0 Å². The van der Waals surface area contributed by atoms with Crippen LogP contribution in [0, 0.1) is 13.8 Å². The Morgan fingerprint density at radius 2 is 1.94 bits per heavy atom. The van der Waals surface area contributed by atoms with E-state index in [2.05, 4.69) is 35.9 Å². The van der Waals surface area contributed by atoms with Crippen molar-refractivity contribution in [2.45, 2.75) is 13.8 Å². The number of nitrogens with zero attached hydrogens (tertiary/aromatic N) is 4. The van der Waals surface area contributed by atoms with Gasteiger partial charge >= 0.3 is 0 Å². The lowest BCUT2D eigenvalue weighted by Crippen LogP contribution is -1.98. The fourth-order valence-corrected chi connectivity index (χ4v) is 1.61. The molecule has 6 heteroatoms. The predicted molar refractivity (Wildman–Crippen MR) is 65.2 cm³/mol. The third-order valence-electron chi connectivity index (χ3n) is 1.98. The summed E-state index contributed by atoms with van der Waals surface area (Å²) in [6.07, 6.45) is 1.67. The van der Waals surface area contributed by atoms with E-state index >= 15 is 0 Å². The average molecular weight is 300 g/mol. The highest BCUT2D eigenvalue weighted by molar-refractivity contribution is 9.10. The minimum absolute atomic E-state index is 0.388. The van der Waals surface area contributed by atoms with Gasteiger partial charge in [-0.25, -0.2) is 19.9 Å². The molecule has 0 saturated heterocycles. The molecule has 0 aliphatic rings. The maximum Gasteiger partial charge on any atom is 0.180 e. The number of halogens is 2. The van der Waals surface area contributed by atoms with Crippen LogP contribution in [-0.4, -0.2) is 19.9 Å². The lowest BCUT2D eigenvalue weighted by Gasteiger charge is -2.04. The van der Waals surface area contributed by atoms with Crippen molar-refractivity contribution < 1.29 is 0 Å². The topological polar surface area (TPSA) is 51.6 Å². The van der Waals surface area contributed by atoms with E-state index in [1.165, 1.54) is 0 Å². The summed E-state index contributed by atoms with van der Waals surface area (Å²) in [5, 5.41) is 0.388. The second-order valence-corrected chi connectivity index (χ2v) is 4.38. The first-order chi connectivity index (χ1) is 7.58. The van der Waals surface area contributed by atoms with Crippen molar-refractivity contribution in [1.29, 1.82) is 0 Å². The number of hydrogen-bond donors (Lipinski definition) is 0. The first kappa shape index (κ1) is 11.4. The smallest absolute Gasteiger partial charge is 0.180 e. The molecule has 0 aliphatic heterocycles. The third kappa shape index (κ3) is 2.20. The average Bonchev–Trinajstić information content (AvgIpc) is 2.25. The molecule has 2 aromatic rings. The molecular formula is C10H8BrClN4. The quantitative estimate of drug-likeness (QED) is 0.760. The molecule has 0 unspecified atom stereocenters. The minimum atomic E-state index is 0.388. The van der Waals surface area contributed by atoms with E-state index in [1.54, 1.807) is 12.3 Å². The summed E-state index contributed by atoms with van der Waals surface area (Å²) < 4.78 is 0.712. The van der Waals surface area contributed by atoms with Crippen molar-refractivity contribution in [3.63, 3.8) is 0 Å². The molecular weight excluding hydrogens is 291 g/mol. The number of hydrogen-bond acceptors (Lipinski definition) is 4. The van der Waals surface area contributed by atoms with Crippen LogP contribution in [0.1, 0.15) is 11.5 Å². The van der Waals surface area contributed by atoms with Crippen LogP contribution in [-0.2, 0) is 0 Å². The molecule has 0 aromatic carbocycles. The van der Waals surface area contributed by atoms with E-state index in [1.807, 2.05) is 13.8 Å². The highest BCUT2D eigenvalue weighted by atomic mass is 79.9. The van der Waals surface area contributed by atoms with Crippen molar-refractivity contribution in [1.82, 2.24) is 19.9 Å². The Balaban J connectivity index is 2.57. The molecule has 0 aliphatic carbocycles. The summed E-state index contributed by atoms with van der Waals surface area (Å²) >= 11 is 9.28. The molecule has 0 saturated carbocycles. The van der Waals surface area contributed by atoms with E-state index in [0.717, 1.165) is 5.69 Å². The Morgan fingerprint density at radius 1 is 1.19 bits per heavy atom. The van der Waals surface area contributed by atoms with Gasteiger partial charge in [0.05, 0.1) is 10.2 Å². The summed E-state index contributed by atoms with van der Waals surface area (Å²) in [4.78, 5) is 16.7. The van der Waals surface area contributed by atoms with Crippen molar-refractivity contribution in [3.8, 4) is 11.5 Å². The lowest BCUT2D eigenvalue weighted by molar-refractivity contribution is 1.02. The molecule has 82 valence electrons. The predicted octanol–water partition coefficient (Wildman–Crippen LogP) is 2.97. The molecule has 0 amide bonds. The van der Waals surface area contributed by atoms with Crippen molar-refractivity contribution in [2.24, 2.45) is 0 Å². The van der Waals surface area contributed by atoms with Gasteiger partial charge in [0, 0.05) is 6.20 Å². The standard InChI is InChI=1S/C10H8BrClN4/c1-5-8(11)9(12)16-10(14-5)7-3-4-13-6(2)15-7/h3-4H,1-2H3. The lowest BCUT2D eigenvalue weighted by atomic mass is 10.3. The Hall–Kier alpha value is -1.07.